The van der Waals surface area contributed by atoms with Crippen molar-refractivity contribution >= 4 is 21.5 Å². The quantitative estimate of drug-likeness (QED) is 0.170. The molecule has 0 aliphatic rings. The number of hydrogen-bond acceptors (Lipinski definition) is 2. The second kappa shape index (κ2) is 12.8. The lowest BCUT2D eigenvalue weighted by molar-refractivity contribution is 1.18. The minimum absolute atomic E-state index is 0.710. The molecule has 0 bridgehead atoms. The van der Waals surface area contributed by atoms with Gasteiger partial charge in [-0.1, -0.05) is 176 Å². The molecule has 0 fully saturated rings. The Bertz CT molecular complexity index is 2540. The van der Waals surface area contributed by atoms with Crippen LogP contribution in [-0.2, 0) is 0 Å². The number of aromatic nitrogens is 2. The van der Waals surface area contributed by atoms with Gasteiger partial charge in [-0.25, -0.2) is 9.97 Å². The summed E-state index contributed by atoms with van der Waals surface area (Å²) in [5.74, 6) is 0.710. The van der Waals surface area contributed by atoms with E-state index in [2.05, 4.69) is 170 Å². The first-order valence-corrected chi connectivity index (χ1v) is 17.0. The fourth-order valence-electron chi connectivity index (χ4n) is 7.10. The molecular weight excluding hydrogens is 605 g/mol. The average molecular weight is 637 g/mol. The molecule has 234 valence electrons. The summed E-state index contributed by atoms with van der Waals surface area (Å²) in [4.78, 5) is 10.2. The molecule has 9 aromatic rings. The van der Waals surface area contributed by atoms with Crippen LogP contribution < -0.4 is 0 Å². The number of nitrogens with zero attached hydrogens (tertiary/aromatic N) is 2. The number of hydrogen-bond donors (Lipinski definition) is 0. The van der Waals surface area contributed by atoms with E-state index in [1.165, 1.54) is 54.9 Å². The lowest BCUT2D eigenvalue weighted by Crippen LogP contribution is -1.96. The van der Waals surface area contributed by atoms with E-state index in [-0.39, 0.29) is 0 Å². The van der Waals surface area contributed by atoms with Crippen LogP contribution in [-0.4, -0.2) is 9.97 Å². The molecule has 1 heterocycles. The molecule has 0 saturated carbocycles. The molecule has 0 aliphatic heterocycles. The van der Waals surface area contributed by atoms with E-state index in [0.717, 1.165) is 28.1 Å². The zero-order valence-electron chi connectivity index (χ0n) is 27.4. The van der Waals surface area contributed by atoms with Crippen LogP contribution in [0.2, 0.25) is 0 Å². The summed E-state index contributed by atoms with van der Waals surface area (Å²) in [7, 11) is 0. The molecular formula is C48H32N2. The molecule has 0 unspecified atom stereocenters. The van der Waals surface area contributed by atoms with Gasteiger partial charge in [-0.2, -0.15) is 0 Å². The molecule has 50 heavy (non-hydrogen) atoms. The summed E-state index contributed by atoms with van der Waals surface area (Å²) in [6.07, 6.45) is 0. The van der Waals surface area contributed by atoms with Crippen molar-refractivity contribution in [2.24, 2.45) is 0 Å². The minimum atomic E-state index is 0.710. The topological polar surface area (TPSA) is 25.8 Å². The van der Waals surface area contributed by atoms with Crippen molar-refractivity contribution in [1.82, 2.24) is 9.97 Å². The lowest BCUT2D eigenvalue weighted by atomic mass is 9.84. The van der Waals surface area contributed by atoms with Crippen LogP contribution >= 0.6 is 0 Å². The van der Waals surface area contributed by atoms with Crippen molar-refractivity contribution in [1.29, 1.82) is 0 Å². The van der Waals surface area contributed by atoms with E-state index in [0.29, 0.717) is 5.82 Å². The maximum Gasteiger partial charge on any atom is 0.160 e. The van der Waals surface area contributed by atoms with E-state index in [9.17, 15) is 0 Å². The largest absolute Gasteiger partial charge is 0.228 e. The predicted molar refractivity (Wildman–Crippen MR) is 210 cm³/mol. The van der Waals surface area contributed by atoms with Gasteiger partial charge in [0.2, 0.25) is 0 Å². The van der Waals surface area contributed by atoms with Crippen molar-refractivity contribution in [3.8, 4) is 67.3 Å². The van der Waals surface area contributed by atoms with Gasteiger partial charge in [-0.3, -0.25) is 0 Å². The van der Waals surface area contributed by atoms with Gasteiger partial charge in [0, 0.05) is 16.7 Å². The van der Waals surface area contributed by atoms with Crippen molar-refractivity contribution in [3.63, 3.8) is 0 Å². The zero-order chi connectivity index (χ0) is 33.3. The third-order valence-corrected chi connectivity index (χ3v) is 9.47. The van der Waals surface area contributed by atoms with Crippen LogP contribution in [0.25, 0.3) is 88.8 Å². The molecule has 1 aromatic heterocycles. The summed E-state index contributed by atoms with van der Waals surface area (Å²) in [6.45, 7) is 0. The Kier molecular flexibility index (Phi) is 7.53. The van der Waals surface area contributed by atoms with Gasteiger partial charge < -0.3 is 0 Å². The number of fused-ring (bicyclic) bond motifs is 2. The Balaban J connectivity index is 1.36. The van der Waals surface area contributed by atoms with E-state index >= 15 is 0 Å². The number of benzene rings is 8. The fourth-order valence-corrected chi connectivity index (χ4v) is 7.10. The van der Waals surface area contributed by atoms with Crippen LogP contribution in [0.3, 0.4) is 0 Å². The molecule has 9 rings (SSSR count). The van der Waals surface area contributed by atoms with Gasteiger partial charge in [-0.15, -0.1) is 0 Å². The van der Waals surface area contributed by atoms with Crippen LogP contribution in [0.4, 0.5) is 0 Å². The second-order valence-electron chi connectivity index (χ2n) is 12.6. The van der Waals surface area contributed by atoms with E-state index in [1.807, 2.05) is 24.3 Å². The Morgan fingerprint density at radius 2 is 0.620 bits per heavy atom. The first kappa shape index (κ1) is 29.5. The molecule has 0 amide bonds. The zero-order valence-corrected chi connectivity index (χ0v) is 27.4. The second-order valence-corrected chi connectivity index (χ2v) is 12.6. The normalized spacial score (nSPS) is 11.2. The first-order chi connectivity index (χ1) is 24.8. The molecule has 2 heteroatoms. The van der Waals surface area contributed by atoms with E-state index < -0.39 is 0 Å². The van der Waals surface area contributed by atoms with Gasteiger partial charge >= 0.3 is 0 Å². The summed E-state index contributed by atoms with van der Waals surface area (Å²) in [5, 5.41) is 4.85. The highest BCUT2D eigenvalue weighted by atomic mass is 14.9. The van der Waals surface area contributed by atoms with Gasteiger partial charge in [0.15, 0.2) is 5.82 Å². The average Bonchev–Trinajstić information content (AvgIpc) is 3.21. The summed E-state index contributed by atoms with van der Waals surface area (Å²) in [5.41, 5.74) is 12.1. The van der Waals surface area contributed by atoms with Gasteiger partial charge in [0.05, 0.1) is 11.4 Å². The van der Waals surface area contributed by atoms with Crippen molar-refractivity contribution < 1.29 is 0 Å². The molecule has 0 N–H and O–H groups in total. The molecule has 0 radical (unpaired) electrons. The summed E-state index contributed by atoms with van der Waals surface area (Å²) < 4.78 is 0. The monoisotopic (exact) mass is 636 g/mol. The standard InChI is InChI=1S/C48H32N2/c1-6-16-33(17-7-1)38-26-28-40-42(30-38)46(35-20-10-3-11-21-35)41-29-27-39(31-43(41)47(40)36-22-12-4-13-23-36)45-32-44(34-18-8-2-9-19-34)49-48(50-45)37-24-14-5-15-25-37/h1-32H. The Morgan fingerprint density at radius 1 is 0.240 bits per heavy atom. The maximum absolute atomic E-state index is 5.19. The molecule has 2 nitrogen and oxygen atoms in total. The Labute approximate surface area is 292 Å². The van der Waals surface area contributed by atoms with E-state index in [1.54, 1.807) is 0 Å². The van der Waals surface area contributed by atoms with Crippen molar-refractivity contribution in [2.75, 3.05) is 0 Å². The molecule has 8 aromatic carbocycles. The minimum Gasteiger partial charge on any atom is -0.228 e. The van der Waals surface area contributed by atoms with Crippen molar-refractivity contribution in [3.05, 3.63) is 194 Å². The van der Waals surface area contributed by atoms with Gasteiger partial charge in [0.1, 0.15) is 0 Å². The van der Waals surface area contributed by atoms with Crippen LogP contribution in [0.15, 0.2) is 194 Å². The highest BCUT2D eigenvalue weighted by molar-refractivity contribution is 6.22. The summed E-state index contributed by atoms with van der Waals surface area (Å²) in [6, 6.07) is 68.8. The SMILES string of the molecule is c1ccc(-c2ccc3c(-c4ccccc4)c4cc(-c5cc(-c6ccccc6)nc(-c6ccccc6)n5)ccc4c(-c4ccccc4)c3c2)cc1. The predicted octanol–water partition coefficient (Wildman–Crippen LogP) is 12.8. The van der Waals surface area contributed by atoms with Crippen LogP contribution in [0.1, 0.15) is 0 Å². The molecule has 0 aliphatic carbocycles. The van der Waals surface area contributed by atoms with Crippen molar-refractivity contribution in [2.45, 2.75) is 0 Å². The maximum atomic E-state index is 5.19. The highest BCUT2D eigenvalue weighted by Gasteiger charge is 2.19. The smallest absolute Gasteiger partial charge is 0.160 e. The van der Waals surface area contributed by atoms with Crippen LogP contribution in [0.5, 0.6) is 0 Å². The van der Waals surface area contributed by atoms with Gasteiger partial charge in [0.25, 0.3) is 0 Å². The first-order valence-electron chi connectivity index (χ1n) is 17.0. The number of rotatable bonds is 6. The molecule has 0 saturated heterocycles. The van der Waals surface area contributed by atoms with E-state index in [4.69, 9.17) is 9.97 Å². The third kappa shape index (κ3) is 5.43. The summed E-state index contributed by atoms with van der Waals surface area (Å²) >= 11 is 0. The fraction of sp³-hybridized carbons (Fsp3) is 0. The highest BCUT2D eigenvalue weighted by Crippen LogP contribution is 2.46. The molecule has 0 atom stereocenters. The lowest BCUT2D eigenvalue weighted by Gasteiger charge is -2.19. The Morgan fingerprint density at radius 3 is 1.12 bits per heavy atom. The van der Waals surface area contributed by atoms with Gasteiger partial charge in [-0.05, 0) is 73.1 Å². The Hall–Kier alpha value is -6.64. The third-order valence-electron chi connectivity index (χ3n) is 9.47. The van der Waals surface area contributed by atoms with Crippen LogP contribution in [0, 0.1) is 0 Å². The molecule has 0 spiro atoms.